The molecule has 0 radical (unpaired) electrons. The van der Waals surface area contributed by atoms with Gasteiger partial charge in [0.1, 0.15) is 11.9 Å². The first kappa shape index (κ1) is 14.5. The Labute approximate surface area is 128 Å². The second kappa shape index (κ2) is 6.13. The average molecular weight is 300 g/mol. The number of ether oxygens (including phenoxy) is 1. The number of carbonyl (C=O) groups is 1. The van der Waals surface area contributed by atoms with Gasteiger partial charge in [0.05, 0.1) is 6.54 Å². The lowest BCUT2D eigenvalue weighted by atomic mass is 10.1. The van der Waals surface area contributed by atoms with E-state index in [1.165, 1.54) is 6.07 Å². The second-order valence-electron chi connectivity index (χ2n) is 5.41. The summed E-state index contributed by atoms with van der Waals surface area (Å²) in [5, 5.41) is 0. The van der Waals surface area contributed by atoms with E-state index in [9.17, 15) is 9.18 Å². The fourth-order valence-corrected chi connectivity index (χ4v) is 2.50. The molecule has 22 heavy (non-hydrogen) atoms. The SMILES string of the molecule is Cc1ccc(C(=O)N2CC[C@@H](Oc3ccccn3)C2)cc1F. The fourth-order valence-electron chi connectivity index (χ4n) is 2.50. The van der Waals surface area contributed by atoms with Gasteiger partial charge in [-0.1, -0.05) is 12.1 Å². The molecule has 5 heteroatoms. The van der Waals surface area contributed by atoms with Crippen LogP contribution in [0.4, 0.5) is 4.39 Å². The molecule has 2 aromatic rings. The van der Waals surface area contributed by atoms with E-state index in [4.69, 9.17) is 4.74 Å². The Morgan fingerprint density at radius 1 is 1.36 bits per heavy atom. The van der Waals surface area contributed by atoms with Gasteiger partial charge in [-0.15, -0.1) is 0 Å². The van der Waals surface area contributed by atoms with Crippen molar-refractivity contribution in [3.05, 3.63) is 59.5 Å². The number of rotatable bonds is 3. The summed E-state index contributed by atoms with van der Waals surface area (Å²) < 4.78 is 19.3. The molecular weight excluding hydrogens is 283 g/mol. The highest BCUT2D eigenvalue weighted by molar-refractivity contribution is 5.94. The predicted molar refractivity (Wildman–Crippen MR) is 80.3 cm³/mol. The number of halogens is 1. The van der Waals surface area contributed by atoms with E-state index < -0.39 is 0 Å². The van der Waals surface area contributed by atoms with Crippen LogP contribution in [-0.2, 0) is 0 Å². The van der Waals surface area contributed by atoms with Crippen LogP contribution in [0, 0.1) is 12.7 Å². The number of amides is 1. The van der Waals surface area contributed by atoms with Gasteiger partial charge in [0.15, 0.2) is 0 Å². The lowest BCUT2D eigenvalue weighted by Gasteiger charge is -2.17. The molecule has 1 saturated heterocycles. The summed E-state index contributed by atoms with van der Waals surface area (Å²) in [5.74, 6) is 0.0422. The Morgan fingerprint density at radius 3 is 2.95 bits per heavy atom. The molecule has 1 aliphatic rings. The third-order valence-corrected chi connectivity index (χ3v) is 3.78. The molecule has 1 aromatic carbocycles. The molecule has 2 heterocycles. The standard InChI is InChI=1S/C17H17FN2O2/c1-12-5-6-13(10-15(12)18)17(21)20-9-7-14(11-20)22-16-4-2-3-8-19-16/h2-6,8,10,14H,7,9,11H2,1H3/t14-/m1/s1. The minimum absolute atomic E-state index is 0.0749. The minimum atomic E-state index is -0.355. The largest absolute Gasteiger partial charge is 0.472 e. The average Bonchev–Trinajstić information content (AvgIpc) is 2.99. The Balaban J connectivity index is 1.64. The van der Waals surface area contributed by atoms with Gasteiger partial charge in [-0.05, 0) is 30.7 Å². The first-order valence-electron chi connectivity index (χ1n) is 7.26. The van der Waals surface area contributed by atoms with Crippen molar-refractivity contribution in [3.63, 3.8) is 0 Å². The summed E-state index contributed by atoms with van der Waals surface area (Å²) in [5.41, 5.74) is 0.913. The molecule has 0 saturated carbocycles. The third kappa shape index (κ3) is 3.08. The van der Waals surface area contributed by atoms with Crippen LogP contribution >= 0.6 is 0 Å². The van der Waals surface area contributed by atoms with Gasteiger partial charge in [0.25, 0.3) is 5.91 Å². The van der Waals surface area contributed by atoms with Gasteiger partial charge in [0, 0.05) is 30.8 Å². The molecule has 1 aliphatic heterocycles. The molecule has 114 valence electrons. The van der Waals surface area contributed by atoms with E-state index in [1.54, 1.807) is 36.2 Å². The maximum Gasteiger partial charge on any atom is 0.254 e. The Morgan fingerprint density at radius 2 is 2.23 bits per heavy atom. The summed E-state index contributed by atoms with van der Waals surface area (Å²) in [6.07, 6.45) is 2.34. The van der Waals surface area contributed by atoms with Crippen LogP contribution < -0.4 is 4.74 Å². The van der Waals surface area contributed by atoms with Crippen molar-refractivity contribution >= 4 is 5.91 Å². The highest BCUT2D eigenvalue weighted by Crippen LogP contribution is 2.19. The molecular formula is C17H17FN2O2. The minimum Gasteiger partial charge on any atom is -0.472 e. The molecule has 0 N–H and O–H groups in total. The van der Waals surface area contributed by atoms with Crippen LogP contribution in [0.15, 0.2) is 42.6 Å². The fraction of sp³-hybridized carbons (Fsp3) is 0.294. The quantitative estimate of drug-likeness (QED) is 0.875. The molecule has 4 nitrogen and oxygen atoms in total. The highest BCUT2D eigenvalue weighted by atomic mass is 19.1. The Hall–Kier alpha value is -2.43. The Bertz CT molecular complexity index is 676. The predicted octanol–water partition coefficient (Wildman–Crippen LogP) is 2.82. The number of hydrogen-bond donors (Lipinski definition) is 0. The van der Waals surface area contributed by atoms with E-state index in [-0.39, 0.29) is 17.8 Å². The first-order valence-corrected chi connectivity index (χ1v) is 7.26. The summed E-state index contributed by atoms with van der Waals surface area (Å²) >= 11 is 0. The lowest BCUT2D eigenvalue weighted by Crippen LogP contribution is -2.31. The number of aromatic nitrogens is 1. The van der Waals surface area contributed by atoms with Gasteiger partial charge in [-0.3, -0.25) is 4.79 Å². The van der Waals surface area contributed by atoms with Crippen molar-refractivity contribution in [1.29, 1.82) is 0 Å². The van der Waals surface area contributed by atoms with Gasteiger partial charge in [-0.25, -0.2) is 9.37 Å². The molecule has 0 spiro atoms. The normalized spacial score (nSPS) is 17.5. The summed E-state index contributed by atoms with van der Waals surface area (Å²) in [7, 11) is 0. The summed E-state index contributed by atoms with van der Waals surface area (Å²) in [4.78, 5) is 18.2. The molecule has 0 aliphatic carbocycles. The monoisotopic (exact) mass is 300 g/mol. The molecule has 1 fully saturated rings. The third-order valence-electron chi connectivity index (χ3n) is 3.78. The van der Waals surface area contributed by atoms with Crippen molar-refractivity contribution in [2.75, 3.05) is 13.1 Å². The van der Waals surface area contributed by atoms with E-state index in [0.29, 0.717) is 30.1 Å². The van der Waals surface area contributed by atoms with E-state index in [0.717, 1.165) is 6.42 Å². The van der Waals surface area contributed by atoms with Crippen LogP contribution in [0.5, 0.6) is 5.88 Å². The van der Waals surface area contributed by atoms with Gasteiger partial charge >= 0.3 is 0 Å². The number of hydrogen-bond acceptors (Lipinski definition) is 3. The van der Waals surface area contributed by atoms with Crippen molar-refractivity contribution < 1.29 is 13.9 Å². The number of likely N-dealkylation sites (tertiary alicyclic amines) is 1. The van der Waals surface area contributed by atoms with Gasteiger partial charge in [0.2, 0.25) is 5.88 Å². The topological polar surface area (TPSA) is 42.4 Å². The van der Waals surface area contributed by atoms with E-state index in [1.807, 2.05) is 12.1 Å². The van der Waals surface area contributed by atoms with Crippen molar-refractivity contribution in [3.8, 4) is 5.88 Å². The maximum atomic E-state index is 13.6. The molecule has 3 rings (SSSR count). The molecule has 0 bridgehead atoms. The zero-order valence-electron chi connectivity index (χ0n) is 12.3. The number of aryl methyl sites for hydroxylation is 1. The first-order chi connectivity index (χ1) is 10.6. The Kier molecular flexibility index (Phi) is 4.04. The van der Waals surface area contributed by atoms with Crippen LogP contribution in [0.25, 0.3) is 0 Å². The number of nitrogens with zero attached hydrogens (tertiary/aromatic N) is 2. The van der Waals surface area contributed by atoms with Crippen LogP contribution in [0.3, 0.4) is 0 Å². The van der Waals surface area contributed by atoms with E-state index in [2.05, 4.69) is 4.98 Å². The van der Waals surface area contributed by atoms with Crippen molar-refractivity contribution in [2.45, 2.75) is 19.4 Å². The molecule has 1 atom stereocenters. The number of pyridine rings is 1. The van der Waals surface area contributed by atoms with Crippen LogP contribution in [-0.4, -0.2) is 35.0 Å². The molecule has 1 aromatic heterocycles. The molecule has 0 unspecified atom stereocenters. The summed E-state index contributed by atoms with van der Waals surface area (Å²) in [6, 6.07) is 10.1. The zero-order valence-corrected chi connectivity index (χ0v) is 12.3. The maximum absolute atomic E-state index is 13.6. The van der Waals surface area contributed by atoms with Crippen molar-refractivity contribution in [1.82, 2.24) is 9.88 Å². The van der Waals surface area contributed by atoms with E-state index >= 15 is 0 Å². The van der Waals surface area contributed by atoms with Crippen molar-refractivity contribution in [2.24, 2.45) is 0 Å². The van der Waals surface area contributed by atoms with Crippen LogP contribution in [0.2, 0.25) is 0 Å². The highest BCUT2D eigenvalue weighted by Gasteiger charge is 2.28. The molecule has 1 amide bonds. The number of carbonyl (C=O) groups excluding carboxylic acids is 1. The van der Waals surface area contributed by atoms with Crippen LogP contribution in [0.1, 0.15) is 22.3 Å². The van der Waals surface area contributed by atoms with Gasteiger partial charge < -0.3 is 9.64 Å². The number of benzene rings is 1. The summed E-state index contributed by atoms with van der Waals surface area (Å²) in [6.45, 7) is 2.77. The lowest BCUT2D eigenvalue weighted by molar-refractivity contribution is 0.0770. The second-order valence-corrected chi connectivity index (χ2v) is 5.41. The zero-order chi connectivity index (χ0) is 15.5. The smallest absolute Gasteiger partial charge is 0.254 e. The van der Waals surface area contributed by atoms with Gasteiger partial charge in [-0.2, -0.15) is 0 Å².